The number of nitrogens with one attached hydrogen (secondary N) is 2. The molecule has 0 fully saturated rings. The Balaban J connectivity index is 0.00000533. The van der Waals surface area contributed by atoms with Crippen molar-refractivity contribution in [1.29, 1.82) is 5.41 Å². The summed E-state index contributed by atoms with van der Waals surface area (Å²) in [5, 5.41) is 20.8. The highest BCUT2D eigenvalue weighted by Crippen LogP contribution is 2.36. The minimum atomic E-state index is -1.11. The van der Waals surface area contributed by atoms with E-state index >= 15 is 0 Å². The van der Waals surface area contributed by atoms with Crippen LogP contribution in [0.2, 0.25) is 0 Å². The first-order valence-corrected chi connectivity index (χ1v) is 12.8. The average molecular weight is 556 g/mol. The Labute approximate surface area is 236 Å². The maximum atomic E-state index is 12.5. The summed E-state index contributed by atoms with van der Waals surface area (Å²) in [6.45, 7) is 7.66. The van der Waals surface area contributed by atoms with Gasteiger partial charge in [-0.3, -0.25) is 5.41 Å². The predicted octanol–water partition coefficient (Wildman–Crippen LogP) is 5.82. The molecule has 0 amide bonds. The van der Waals surface area contributed by atoms with Gasteiger partial charge in [0.15, 0.2) is 6.04 Å². The Kier molecular flexibility index (Phi) is 12.6. The number of aliphatic carboxylic acids is 1. The largest absolute Gasteiger partial charge is 0.494 e. The number of carbonyl (C=O) groups is 1. The molecule has 0 heterocycles. The number of carboxylic acids is 1. The molecule has 0 aliphatic rings. The van der Waals surface area contributed by atoms with Crippen molar-refractivity contribution >= 4 is 29.9 Å². The molecule has 0 bridgehead atoms. The lowest BCUT2D eigenvalue weighted by molar-refractivity contribution is -0.138. The van der Waals surface area contributed by atoms with Crippen molar-refractivity contribution in [3.8, 4) is 11.5 Å². The Morgan fingerprint density at radius 2 is 1.69 bits per heavy atom. The fourth-order valence-electron chi connectivity index (χ4n) is 4.02. The zero-order chi connectivity index (χ0) is 27.5. The molecule has 8 nitrogen and oxygen atoms in total. The lowest BCUT2D eigenvalue weighted by Gasteiger charge is -2.23. The third-order valence-corrected chi connectivity index (χ3v) is 5.78. The molecule has 39 heavy (non-hydrogen) atoms. The second-order valence-corrected chi connectivity index (χ2v) is 9.32. The SMILES string of the molecule is CCOc1cc(C(Nc2ccc(C(=N)N)cc2)C(=O)O)c(OCCOCc2ccccc2)cc1CC(C)C.Cl. The Bertz CT molecular complexity index is 1200. The minimum absolute atomic E-state index is 0. The van der Waals surface area contributed by atoms with Crippen LogP contribution in [0, 0.1) is 11.3 Å². The average Bonchev–Trinajstić information content (AvgIpc) is 2.89. The van der Waals surface area contributed by atoms with Gasteiger partial charge in [0, 0.05) is 16.8 Å². The molecular weight excluding hydrogens is 518 g/mol. The number of benzene rings is 3. The van der Waals surface area contributed by atoms with E-state index in [1.807, 2.05) is 43.3 Å². The number of halogens is 1. The van der Waals surface area contributed by atoms with Gasteiger partial charge in [0.2, 0.25) is 0 Å². The van der Waals surface area contributed by atoms with Crippen LogP contribution in [-0.2, 0) is 22.6 Å². The van der Waals surface area contributed by atoms with E-state index in [1.165, 1.54) is 0 Å². The number of ether oxygens (including phenoxy) is 3. The predicted molar refractivity (Wildman–Crippen MR) is 156 cm³/mol. The number of rotatable bonds is 15. The van der Waals surface area contributed by atoms with E-state index in [0.29, 0.717) is 54.1 Å². The summed E-state index contributed by atoms with van der Waals surface area (Å²) < 4.78 is 17.8. The standard InChI is InChI=1S/C30H37N3O5.ClH/c1-4-37-26-18-25(28(30(34)35)33-24-12-10-22(11-13-24)29(31)32)27(17-23(26)16-20(2)3)38-15-14-36-19-21-8-6-5-7-9-21;/h5-13,17-18,20,28,33H,4,14-16,19H2,1-3H3,(H3,31,32)(H,34,35);1H. The molecule has 1 unspecified atom stereocenters. The highest BCUT2D eigenvalue weighted by atomic mass is 35.5. The van der Waals surface area contributed by atoms with E-state index in [4.69, 9.17) is 25.4 Å². The van der Waals surface area contributed by atoms with Crippen LogP contribution in [-0.4, -0.2) is 36.7 Å². The van der Waals surface area contributed by atoms with E-state index in [2.05, 4.69) is 19.2 Å². The number of hydrogen-bond acceptors (Lipinski definition) is 6. The third kappa shape index (κ3) is 9.50. The number of anilines is 1. The molecule has 0 aliphatic heterocycles. The summed E-state index contributed by atoms with van der Waals surface area (Å²) in [7, 11) is 0. The Morgan fingerprint density at radius 3 is 2.28 bits per heavy atom. The summed E-state index contributed by atoms with van der Waals surface area (Å²) in [6.07, 6.45) is 0.758. The molecular formula is C30H38ClN3O5. The summed E-state index contributed by atoms with van der Waals surface area (Å²) in [5.74, 6) is 0.357. The summed E-state index contributed by atoms with van der Waals surface area (Å²) in [4.78, 5) is 12.5. The number of nitrogens with two attached hydrogens (primary N) is 1. The maximum absolute atomic E-state index is 12.5. The first-order valence-electron chi connectivity index (χ1n) is 12.8. The van der Waals surface area contributed by atoms with Crippen LogP contribution in [0.3, 0.4) is 0 Å². The first kappa shape index (κ1) is 31.5. The molecule has 0 radical (unpaired) electrons. The second-order valence-electron chi connectivity index (χ2n) is 9.32. The lowest BCUT2D eigenvalue weighted by Crippen LogP contribution is -2.22. The van der Waals surface area contributed by atoms with Crippen molar-refractivity contribution in [1.82, 2.24) is 0 Å². The molecule has 3 aromatic rings. The van der Waals surface area contributed by atoms with Crippen molar-refractivity contribution in [2.24, 2.45) is 11.7 Å². The van der Waals surface area contributed by atoms with E-state index in [-0.39, 0.29) is 24.8 Å². The smallest absolute Gasteiger partial charge is 0.330 e. The van der Waals surface area contributed by atoms with Gasteiger partial charge in [-0.15, -0.1) is 12.4 Å². The van der Waals surface area contributed by atoms with Crippen LogP contribution >= 0.6 is 12.4 Å². The Morgan fingerprint density at radius 1 is 1.00 bits per heavy atom. The van der Waals surface area contributed by atoms with Crippen molar-refractivity contribution in [3.63, 3.8) is 0 Å². The molecule has 210 valence electrons. The van der Waals surface area contributed by atoms with E-state index in [0.717, 1.165) is 17.5 Å². The van der Waals surface area contributed by atoms with Crippen LogP contribution in [0.5, 0.6) is 11.5 Å². The highest BCUT2D eigenvalue weighted by molar-refractivity contribution is 5.95. The van der Waals surface area contributed by atoms with Gasteiger partial charge in [-0.25, -0.2) is 4.79 Å². The normalized spacial score (nSPS) is 11.4. The number of carboxylic acid groups (broad SMARTS) is 1. The van der Waals surface area contributed by atoms with Crippen molar-refractivity contribution < 1.29 is 24.1 Å². The van der Waals surface area contributed by atoms with E-state index < -0.39 is 12.0 Å². The molecule has 0 spiro atoms. The van der Waals surface area contributed by atoms with Crippen molar-refractivity contribution in [2.75, 3.05) is 25.1 Å². The molecule has 3 aromatic carbocycles. The van der Waals surface area contributed by atoms with E-state index in [9.17, 15) is 9.90 Å². The molecule has 9 heteroatoms. The number of amidine groups is 1. The van der Waals surface area contributed by atoms with Gasteiger partial charge in [0.25, 0.3) is 0 Å². The molecule has 0 aliphatic carbocycles. The second kappa shape index (κ2) is 15.6. The van der Waals surface area contributed by atoms with Crippen LogP contribution in [0.1, 0.15) is 49.1 Å². The molecule has 0 aromatic heterocycles. The maximum Gasteiger partial charge on any atom is 0.330 e. The van der Waals surface area contributed by atoms with Crippen molar-refractivity contribution in [3.05, 3.63) is 89.0 Å². The summed E-state index contributed by atoms with van der Waals surface area (Å²) in [6, 6.07) is 19.1. The minimum Gasteiger partial charge on any atom is -0.494 e. The summed E-state index contributed by atoms with van der Waals surface area (Å²) >= 11 is 0. The van der Waals surface area contributed by atoms with Crippen molar-refractivity contribution in [2.45, 2.75) is 39.8 Å². The molecule has 3 rings (SSSR count). The van der Waals surface area contributed by atoms with Gasteiger partial charge in [0.1, 0.15) is 23.9 Å². The van der Waals surface area contributed by atoms with Gasteiger partial charge in [-0.2, -0.15) is 0 Å². The topological polar surface area (TPSA) is 127 Å². The van der Waals surface area contributed by atoms with E-state index in [1.54, 1.807) is 30.3 Å². The Hall–Kier alpha value is -3.75. The highest BCUT2D eigenvalue weighted by Gasteiger charge is 2.26. The van der Waals surface area contributed by atoms with Gasteiger partial charge in [-0.05, 0) is 66.8 Å². The van der Waals surface area contributed by atoms with Crippen LogP contribution in [0.25, 0.3) is 0 Å². The van der Waals surface area contributed by atoms with Crippen LogP contribution in [0.15, 0.2) is 66.7 Å². The third-order valence-electron chi connectivity index (χ3n) is 5.78. The van der Waals surface area contributed by atoms with Gasteiger partial charge in [0.05, 0.1) is 19.8 Å². The fourth-order valence-corrected chi connectivity index (χ4v) is 4.02. The molecule has 1 atom stereocenters. The zero-order valence-electron chi connectivity index (χ0n) is 22.6. The molecule has 5 N–H and O–H groups in total. The lowest BCUT2D eigenvalue weighted by atomic mass is 9.96. The zero-order valence-corrected chi connectivity index (χ0v) is 23.4. The van der Waals surface area contributed by atoms with Crippen LogP contribution in [0.4, 0.5) is 5.69 Å². The summed E-state index contributed by atoms with van der Waals surface area (Å²) in [5.41, 5.74) is 9.15. The van der Waals surface area contributed by atoms with Crippen LogP contribution < -0.4 is 20.5 Å². The first-order chi connectivity index (χ1) is 18.3. The number of hydrogen-bond donors (Lipinski definition) is 4. The molecule has 0 saturated carbocycles. The monoisotopic (exact) mass is 555 g/mol. The van der Waals surface area contributed by atoms with Gasteiger partial charge in [-0.1, -0.05) is 44.2 Å². The van der Waals surface area contributed by atoms with Gasteiger partial charge < -0.3 is 30.4 Å². The fraction of sp³-hybridized carbons (Fsp3) is 0.333. The van der Waals surface area contributed by atoms with Gasteiger partial charge >= 0.3 is 5.97 Å². The quantitative estimate of drug-likeness (QED) is 0.106. The molecule has 0 saturated heterocycles. The number of nitrogen functional groups attached to an aromatic ring is 1.